The van der Waals surface area contributed by atoms with E-state index in [1.807, 2.05) is 12.1 Å². The van der Waals surface area contributed by atoms with Gasteiger partial charge in [-0.15, -0.1) is 0 Å². The minimum Gasteiger partial charge on any atom is -0.508 e. The van der Waals surface area contributed by atoms with E-state index in [2.05, 4.69) is 16.3 Å². The normalized spacial score (nSPS) is 18.9. The molecule has 1 amide bonds. The van der Waals surface area contributed by atoms with Gasteiger partial charge in [0.05, 0.1) is 23.9 Å². The number of piperidine rings is 1. The summed E-state index contributed by atoms with van der Waals surface area (Å²) in [5, 5.41) is 33.1. The Labute approximate surface area is 204 Å². The Morgan fingerprint density at radius 1 is 1.24 bits per heavy atom. The summed E-state index contributed by atoms with van der Waals surface area (Å²) < 4.78 is 11.9. The second kappa shape index (κ2) is 10.5. The average molecular weight is 491 g/mol. The molecule has 1 fully saturated rings. The van der Waals surface area contributed by atoms with Crippen molar-refractivity contribution in [1.29, 1.82) is 0 Å². The lowest BCUT2D eigenvalue weighted by molar-refractivity contribution is -0.0835. The third-order valence-corrected chi connectivity index (χ3v) is 6.63. The second-order valence-corrected chi connectivity index (χ2v) is 9.53. The number of nitrogens with one attached hydrogen (secondary N) is 1. The summed E-state index contributed by atoms with van der Waals surface area (Å²) in [6.07, 6.45) is 0.197. The molecule has 184 valence electrons. The molecule has 0 radical (unpaired) electrons. The van der Waals surface area contributed by atoms with Crippen molar-refractivity contribution in [3.8, 4) is 11.5 Å². The minimum atomic E-state index is -0.777. The number of hydrogen-bond acceptors (Lipinski definition) is 7. The highest BCUT2D eigenvalue weighted by Gasteiger charge is 2.42. The number of aliphatic hydroxyl groups is 2. The van der Waals surface area contributed by atoms with Crippen molar-refractivity contribution in [2.45, 2.75) is 44.2 Å². The number of carbonyl (C=O) groups is 1. The van der Waals surface area contributed by atoms with E-state index in [1.54, 1.807) is 6.92 Å². The van der Waals surface area contributed by atoms with Crippen LogP contribution in [-0.2, 0) is 16.9 Å². The van der Waals surface area contributed by atoms with Gasteiger partial charge >= 0.3 is 0 Å². The van der Waals surface area contributed by atoms with Crippen molar-refractivity contribution in [2.24, 2.45) is 0 Å². The van der Waals surface area contributed by atoms with Crippen LogP contribution < -0.4 is 10.1 Å². The third-order valence-electron chi connectivity index (χ3n) is 6.39. The summed E-state index contributed by atoms with van der Waals surface area (Å²) in [6.45, 7) is 4.19. The quantitative estimate of drug-likeness (QED) is 0.449. The Morgan fingerprint density at radius 3 is 2.74 bits per heavy atom. The Hall–Kier alpha value is -2.36. The van der Waals surface area contributed by atoms with E-state index in [0.29, 0.717) is 13.2 Å². The molecule has 1 unspecified atom stereocenters. The van der Waals surface area contributed by atoms with Crippen molar-refractivity contribution in [3.05, 3.63) is 58.1 Å². The van der Waals surface area contributed by atoms with Crippen molar-refractivity contribution in [3.63, 3.8) is 0 Å². The Bertz CT molecular complexity index is 1020. The lowest BCUT2D eigenvalue weighted by Crippen LogP contribution is -2.46. The summed E-state index contributed by atoms with van der Waals surface area (Å²) >= 11 is 6.12. The van der Waals surface area contributed by atoms with E-state index in [0.717, 1.165) is 36.5 Å². The number of likely N-dealkylation sites (tertiary alicyclic amines) is 1. The first-order valence-electron chi connectivity index (χ1n) is 11.5. The molecular formula is C25H31ClN2O6. The van der Waals surface area contributed by atoms with Crippen molar-refractivity contribution in [2.75, 3.05) is 32.8 Å². The Morgan fingerprint density at radius 2 is 2.00 bits per heavy atom. The van der Waals surface area contributed by atoms with E-state index in [-0.39, 0.29) is 35.8 Å². The second-order valence-electron chi connectivity index (χ2n) is 9.09. The lowest BCUT2D eigenvalue weighted by atomic mass is 9.84. The molecule has 0 saturated carbocycles. The molecule has 2 heterocycles. The number of fused-ring (bicyclic) bond motifs is 2. The fourth-order valence-electron chi connectivity index (χ4n) is 4.62. The number of benzene rings is 2. The number of aromatic hydroxyl groups is 1. The van der Waals surface area contributed by atoms with Crippen LogP contribution in [0.3, 0.4) is 0 Å². The third kappa shape index (κ3) is 5.64. The van der Waals surface area contributed by atoms with Crippen LogP contribution in [-0.4, -0.2) is 71.1 Å². The number of rotatable bonds is 8. The summed E-state index contributed by atoms with van der Waals surface area (Å²) in [6, 6.07) is 10.1. The van der Waals surface area contributed by atoms with Crippen LogP contribution in [0, 0.1) is 0 Å². The first-order chi connectivity index (χ1) is 16.3. The molecule has 2 aliphatic heterocycles. The van der Waals surface area contributed by atoms with Crippen LogP contribution in [0.15, 0.2) is 36.4 Å². The molecule has 2 aromatic rings. The highest BCUT2D eigenvalue weighted by atomic mass is 35.5. The molecule has 8 nitrogen and oxygen atoms in total. The van der Waals surface area contributed by atoms with Crippen LogP contribution in [0.25, 0.3) is 0 Å². The van der Waals surface area contributed by atoms with Gasteiger partial charge in [-0.3, -0.25) is 4.79 Å². The zero-order chi connectivity index (χ0) is 24.3. The largest absolute Gasteiger partial charge is 0.508 e. The number of aliphatic hydroxyl groups excluding tert-OH is 2. The molecule has 2 aromatic carbocycles. The number of nitrogens with zero attached hydrogens (tertiary/aromatic N) is 1. The molecule has 0 aliphatic carbocycles. The first-order valence-corrected chi connectivity index (χ1v) is 11.9. The maximum Gasteiger partial charge on any atom is 0.255 e. The maximum absolute atomic E-state index is 12.4. The van der Waals surface area contributed by atoms with E-state index in [9.17, 15) is 20.1 Å². The average Bonchev–Trinajstić information content (AvgIpc) is 3.14. The van der Waals surface area contributed by atoms with Crippen molar-refractivity contribution in [1.82, 2.24) is 10.2 Å². The van der Waals surface area contributed by atoms with E-state index in [1.165, 1.54) is 23.8 Å². The molecule has 1 spiro atoms. The van der Waals surface area contributed by atoms with Gasteiger partial charge in [0.1, 0.15) is 24.2 Å². The van der Waals surface area contributed by atoms with Gasteiger partial charge in [0.25, 0.3) is 5.91 Å². The lowest BCUT2D eigenvalue weighted by Gasteiger charge is -2.39. The zero-order valence-corrected chi connectivity index (χ0v) is 19.9. The van der Waals surface area contributed by atoms with Crippen LogP contribution in [0.2, 0.25) is 5.02 Å². The predicted molar refractivity (Wildman–Crippen MR) is 127 cm³/mol. The smallest absolute Gasteiger partial charge is 0.255 e. The van der Waals surface area contributed by atoms with Gasteiger partial charge in [-0.2, -0.15) is 0 Å². The highest BCUT2D eigenvalue weighted by molar-refractivity contribution is 6.30. The SMILES string of the molecule is CC(O)CNC(=O)c1ccc(O)cc1OC[C@H](O)CN1CCC2(CC1)OCc1cc(Cl)ccc12. The van der Waals surface area contributed by atoms with Gasteiger partial charge in [0.2, 0.25) is 0 Å². The van der Waals surface area contributed by atoms with Gasteiger partial charge in [-0.25, -0.2) is 0 Å². The summed E-state index contributed by atoms with van der Waals surface area (Å²) in [5.41, 5.74) is 2.30. The number of β-amino-alcohol motifs (C(OH)–C–C–N with tert-alkyl or cyclic N) is 1. The number of ether oxygens (including phenoxy) is 2. The minimum absolute atomic E-state index is 0.0282. The topological polar surface area (TPSA) is 111 Å². The number of hydrogen-bond donors (Lipinski definition) is 4. The van der Waals surface area contributed by atoms with Gasteiger partial charge in [0.15, 0.2) is 0 Å². The fraction of sp³-hybridized carbons (Fsp3) is 0.480. The van der Waals surface area contributed by atoms with Gasteiger partial charge in [0, 0.05) is 37.3 Å². The number of carbonyl (C=O) groups excluding carboxylic acids is 1. The number of amides is 1. The summed E-state index contributed by atoms with van der Waals surface area (Å²) in [4.78, 5) is 14.6. The van der Waals surface area contributed by atoms with Crippen LogP contribution >= 0.6 is 11.6 Å². The number of phenolic OH excluding ortho intramolecular Hbond substituents is 1. The fourth-order valence-corrected chi connectivity index (χ4v) is 4.82. The highest BCUT2D eigenvalue weighted by Crippen LogP contribution is 2.44. The zero-order valence-electron chi connectivity index (χ0n) is 19.2. The van der Waals surface area contributed by atoms with Gasteiger partial charge in [-0.1, -0.05) is 17.7 Å². The standard InChI is InChI=1S/C25H31ClN2O6/c1-16(29)12-27-24(32)21-4-3-19(30)11-23(21)33-15-20(31)13-28-8-6-25(7-9-28)22-5-2-18(26)10-17(22)14-34-25/h2-5,10-11,16,20,29-31H,6-9,12-15H2,1H3,(H,27,32)/t16?,20-/m1/s1. The molecule has 9 heteroatoms. The van der Waals surface area contributed by atoms with E-state index in [4.69, 9.17) is 21.1 Å². The van der Waals surface area contributed by atoms with Gasteiger partial charge in [-0.05, 0) is 55.2 Å². The summed E-state index contributed by atoms with van der Waals surface area (Å²) in [5.74, 6) is -0.296. The van der Waals surface area contributed by atoms with Crippen molar-refractivity contribution < 1.29 is 29.6 Å². The molecule has 0 bridgehead atoms. The Kier molecular flexibility index (Phi) is 7.64. The van der Waals surface area contributed by atoms with Crippen LogP contribution in [0.1, 0.15) is 41.3 Å². The maximum atomic E-state index is 12.4. The summed E-state index contributed by atoms with van der Waals surface area (Å²) in [7, 11) is 0. The molecular weight excluding hydrogens is 460 g/mol. The number of halogens is 1. The Balaban J connectivity index is 1.30. The molecule has 1 saturated heterocycles. The van der Waals surface area contributed by atoms with Gasteiger partial charge < -0.3 is 35.0 Å². The molecule has 34 heavy (non-hydrogen) atoms. The molecule has 4 rings (SSSR count). The molecule has 0 aromatic heterocycles. The predicted octanol–water partition coefficient (Wildman–Crippen LogP) is 2.42. The molecule has 2 atom stereocenters. The number of phenols is 1. The van der Waals surface area contributed by atoms with Crippen LogP contribution in [0.5, 0.6) is 11.5 Å². The van der Waals surface area contributed by atoms with Crippen molar-refractivity contribution >= 4 is 17.5 Å². The molecule has 2 aliphatic rings. The van der Waals surface area contributed by atoms with E-state index >= 15 is 0 Å². The monoisotopic (exact) mass is 490 g/mol. The molecule has 4 N–H and O–H groups in total. The van der Waals surface area contributed by atoms with E-state index < -0.39 is 18.1 Å². The first kappa shape index (κ1) is 24.8. The van der Waals surface area contributed by atoms with Crippen LogP contribution in [0.4, 0.5) is 0 Å².